The first-order chi connectivity index (χ1) is 21.3. The van der Waals surface area contributed by atoms with Crippen LogP contribution in [-0.4, -0.2) is 40.8 Å². The van der Waals surface area contributed by atoms with Crippen LogP contribution in [0.2, 0.25) is 5.02 Å². The Bertz CT molecular complexity index is 1700. The molecule has 1 heterocycles. The molecule has 1 fully saturated rings. The molecule has 8 nitrogen and oxygen atoms in total. The number of hydrogen-bond donors (Lipinski definition) is 1. The summed E-state index contributed by atoms with van der Waals surface area (Å²) in [5.41, 5.74) is 3.34. The summed E-state index contributed by atoms with van der Waals surface area (Å²) in [5, 5.41) is 10.4. The molecule has 1 N–H and O–H groups in total. The van der Waals surface area contributed by atoms with E-state index in [1.54, 1.807) is 42.4 Å². The number of carbonyl (C=O) groups excluding carboxylic acids is 1. The molecule has 4 aromatic rings. The molecule has 0 saturated carbocycles. The molecule has 10 heteroatoms. The number of ether oxygens (including phenoxy) is 3. The van der Waals surface area contributed by atoms with Crippen LogP contribution in [-0.2, 0) is 17.9 Å². The van der Waals surface area contributed by atoms with E-state index in [4.69, 9.17) is 30.8 Å². The quantitative estimate of drug-likeness (QED) is 0.169. The average molecular weight is 629 g/mol. The number of carboxylic acid groups (broad SMARTS) is 1. The summed E-state index contributed by atoms with van der Waals surface area (Å²) in [6, 6.07) is 26.7. The highest BCUT2D eigenvalue weighted by Crippen LogP contribution is 2.37. The van der Waals surface area contributed by atoms with Crippen LogP contribution in [0.1, 0.15) is 34.0 Å². The number of halogens is 1. The highest BCUT2D eigenvalue weighted by Gasteiger charge is 2.33. The number of methoxy groups -OCH3 is 1. The summed E-state index contributed by atoms with van der Waals surface area (Å²) in [4.78, 5) is 31.9. The van der Waals surface area contributed by atoms with Crippen LogP contribution < -0.4 is 14.2 Å². The molecule has 0 spiro atoms. The van der Waals surface area contributed by atoms with Gasteiger partial charge in [0.2, 0.25) is 0 Å². The van der Waals surface area contributed by atoms with E-state index in [9.17, 15) is 14.7 Å². The van der Waals surface area contributed by atoms with Gasteiger partial charge in [0.15, 0.2) is 16.7 Å². The molecule has 5 rings (SSSR count). The minimum absolute atomic E-state index is 0.175. The number of carboxylic acids is 1. The largest absolute Gasteiger partial charge is 0.497 e. The number of rotatable bonds is 11. The van der Waals surface area contributed by atoms with E-state index in [1.807, 2.05) is 61.5 Å². The normalized spacial score (nSPS) is 14.7. The second-order valence-corrected chi connectivity index (χ2v) is 11.1. The lowest BCUT2D eigenvalue weighted by molar-refractivity contribution is -0.122. The highest BCUT2D eigenvalue weighted by atomic mass is 35.5. The molecule has 224 valence electrons. The molecule has 0 bridgehead atoms. The third-order valence-corrected chi connectivity index (χ3v) is 7.86. The summed E-state index contributed by atoms with van der Waals surface area (Å²) in [5.74, 6) is 0.622. The van der Waals surface area contributed by atoms with E-state index < -0.39 is 5.97 Å². The van der Waals surface area contributed by atoms with Gasteiger partial charge in [-0.25, -0.2) is 9.79 Å². The van der Waals surface area contributed by atoms with Crippen LogP contribution >= 0.6 is 23.4 Å². The highest BCUT2D eigenvalue weighted by molar-refractivity contribution is 8.18. The summed E-state index contributed by atoms with van der Waals surface area (Å²) >= 11 is 7.26. The number of amides is 1. The zero-order valence-electron chi connectivity index (χ0n) is 24.0. The zero-order chi connectivity index (χ0) is 31.1. The van der Waals surface area contributed by atoms with Gasteiger partial charge in [-0.2, -0.15) is 0 Å². The summed E-state index contributed by atoms with van der Waals surface area (Å²) in [7, 11) is 1.59. The van der Waals surface area contributed by atoms with Crippen LogP contribution in [0.5, 0.6) is 17.2 Å². The van der Waals surface area contributed by atoms with Gasteiger partial charge in [-0.15, -0.1) is 0 Å². The van der Waals surface area contributed by atoms with Gasteiger partial charge in [0.1, 0.15) is 12.4 Å². The van der Waals surface area contributed by atoms with E-state index in [2.05, 4.69) is 0 Å². The number of aromatic carboxylic acids is 1. The lowest BCUT2D eigenvalue weighted by Crippen LogP contribution is -2.28. The molecule has 0 aromatic heterocycles. The van der Waals surface area contributed by atoms with Gasteiger partial charge >= 0.3 is 5.97 Å². The van der Waals surface area contributed by atoms with Crippen LogP contribution in [0.15, 0.2) is 101 Å². The molecule has 0 unspecified atom stereocenters. The molecule has 1 aliphatic heterocycles. The summed E-state index contributed by atoms with van der Waals surface area (Å²) < 4.78 is 17.2. The maximum absolute atomic E-state index is 13.7. The first kappa shape index (κ1) is 30.7. The SMILES string of the molecule is CCOc1cc(/C=C2\SC(=Nc3ccc(OC)cc3)N(Cc3ccc(C(=O)O)cc3)C2=O)ccc1OCc1ccc(Cl)cc1. The average Bonchev–Trinajstić information content (AvgIpc) is 3.31. The van der Waals surface area contributed by atoms with Crippen molar-refractivity contribution in [2.24, 2.45) is 4.99 Å². The van der Waals surface area contributed by atoms with E-state index in [0.717, 1.165) is 16.7 Å². The van der Waals surface area contributed by atoms with Crippen LogP contribution in [0.3, 0.4) is 0 Å². The van der Waals surface area contributed by atoms with Gasteiger partial charge in [-0.1, -0.05) is 41.9 Å². The van der Waals surface area contributed by atoms with Crippen LogP contribution in [0, 0.1) is 0 Å². The van der Waals surface area contributed by atoms with Crippen LogP contribution in [0.4, 0.5) is 5.69 Å². The number of nitrogens with zero attached hydrogens (tertiary/aromatic N) is 2. The monoisotopic (exact) mass is 628 g/mol. The summed E-state index contributed by atoms with van der Waals surface area (Å²) in [6.45, 7) is 2.91. The zero-order valence-corrected chi connectivity index (χ0v) is 25.6. The Balaban J connectivity index is 1.42. The molecular formula is C34H29ClN2O6S. The molecule has 0 radical (unpaired) electrons. The molecule has 1 saturated heterocycles. The smallest absolute Gasteiger partial charge is 0.335 e. The van der Waals surface area contributed by atoms with Crippen molar-refractivity contribution < 1.29 is 28.9 Å². The fourth-order valence-corrected chi connectivity index (χ4v) is 5.45. The van der Waals surface area contributed by atoms with E-state index in [0.29, 0.717) is 51.2 Å². The number of amidine groups is 1. The molecular weight excluding hydrogens is 600 g/mol. The van der Waals surface area contributed by atoms with E-state index >= 15 is 0 Å². The van der Waals surface area contributed by atoms with Crippen LogP contribution in [0.25, 0.3) is 6.08 Å². The Hall–Kier alpha value is -4.73. The van der Waals surface area contributed by atoms with Crippen molar-refractivity contribution in [2.75, 3.05) is 13.7 Å². The fraction of sp³-hybridized carbons (Fsp3) is 0.147. The van der Waals surface area contributed by atoms with Gasteiger partial charge in [0, 0.05) is 5.02 Å². The number of thioether (sulfide) groups is 1. The topological polar surface area (TPSA) is 97.7 Å². The maximum atomic E-state index is 13.7. The Morgan fingerprint density at radius 3 is 2.30 bits per heavy atom. The Morgan fingerprint density at radius 1 is 0.932 bits per heavy atom. The standard InChI is InChI=1S/C34H29ClN2O6S/c1-3-42-30-18-24(8-17-29(30)43-21-23-6-11-26(35)12-7-23)19-31-32(38)37(20-22-4-9-25(10-5-22)33(39)40)34(44-31)36-27-13-15-28(41-2)16-14-27/h4-19H,3,20-21H2,1-2H3,(H,39,40)/b31-19-,36-34?. The molecule has 1 aliphatic rings. The van der Waals surface area contributed by atoms with Gasteiger partial charge in [0.05, 0.1) is 36.4 Å². The molecule has 4 aromatic carbocycles. The maximum Gasteiger partial charge on any atom is 0.335 e. The van der Waals surface area contributed by atoms with Crippen molar-refractivity contribution in [3.05, 3.63) is 123 Å². The van der Waals surface area contributed by atoms with Gasteiger partial charge in [-0.3, -0.25) is 9.69 Å². The third-order valence-electron chi connectivity index (χ3n) is 6.60. The molecule has 0 aliphatic carbocycles. The third kappa shape index (κ3) is 7.61. The first-order valence-electron chi connectivity index (χ1n) is 13.7. The molecule has 44 heavy (non-hydrogen) atoms. The van der Waals surface area contributed by atoms with Gasteiger partial charge in [-0.05, 0) is 102 Å². The second-order valence-electron chi connectivity index (χ2n) is 9.65. The number of benzene rings is 4. The second kappa shape index (κ2) is 14.2. The van der Waals surface area contributed by atoms with Crippen molar-refractivity contribution in [3.8, 4) is 17.2 Å². The fourth-order valence-electron chi connectivity index (χ4n) is 4.33. The Kier molecular flexibility index (Phi) is 9.89. The molecule has 0 atom stereocenters. The predicted molar refractivity (Wildman–Crippen MR) is 173 cm³/mol. The van der Waals surface area contributed by atoms with Crippen molar-refractivity contribution in [1.29, 1.82) is 0 Å². The lowest BCUT2D eigenvalue weighted by atomic mass is 10.1. The predicted octanol–water partition coefficient (Wildman–Crippen LogP) is 7.83. The van der Waals surface area contributed by atoms with Crippen molar-refractivity contribution in [1.82, 2.24) is 4.90 Å². The van der Waals surface area contributed by atoms with Crippen molar-refractivity contribution in [3.63, 3.8) is 0 Å². The van der Waals surface area contributed by atoms with Crippen molar-refractivity contribution in [2.45, 2.75) is 20.1 Å². The van der Waals surface area contributed by atoms with E-state index in [1.165, 1.54) is 23.9 Å². The summed E-state index contributed by atoms with van der Waals surface area (Å²) in [6.07, 6.45) is 1.80. The minimum Gasteiger partial charge on any atom is -0.497 e. The Labute approximate surface area is 264 Å². The first-order valence-corrected chi connectivity index (χ1v) is 14.9. The number of carbonyl (C=O) groups is 2. The van der Waals surface area contributed by atoms with Gasteiger partial charge in [0.25, 0.3) is 5.91 Å². The Morgan fingerprint density at radius 2 is 1.64 bits per heavy atom. The lowest BCUT2D eigenvalue weighted by Gasteiger charge is -2.16. The van der Waals surface area contributed by atoms with Gasteiger partial charge < -0.3 is 19.3 Å². The van der Waals surface area contributed by atoms with Crippen molar-refractivity contribution >= 4 is 52.2 Å². The number of hydrogen-bond acceptors (Lipinski definition) is 7. The van der Waals surface area contributed by atoms with E-state index in [-0.39, 0.29) is 18.0 Å². The number of aliphatic imine (C=N–C) groups is 1. The molecule has 1 amide bonds. The minimum atomic E-state index is -1.01.